The van der Waals surface area contributed by atoms with Crippen molar-refractivity contribution in [3.05, 3.63) is 88.2 Å². The smallest absolute Gasteiger partial charge is 0.410 e. The average Bonchev–Trinajstić information content (AvgIpc) is 3.43. The lowest BCUT2D eigenvalue weighted by Crippen LogP contribution is -2.55. The molecule has 0 unspecified atom stereocenters. The van der Waals surface area contributed by atoms with Crippen LogP contribution >= 0.6 is 0 Å². The molecule has 2 aromatic carbocycles. The Labute approximate surface area is 287 Å². The lowest BCUT2D eigenvalue weighted by atomic mass is 10.0. The molecule has 2 atom stereocenters. The van der Waals surface area contributed by atoms with Crippen LogP contribution in [0, 0.1) is 19.7 Å². The summed E-state index contributed by atoms with van der Waals surface area (Å²) in [6.45, 7) is 14.4. The summed E-state index contributed by atoms with van der Waals surface area (Å²) in [5.74, 6) is -0.339. The highest BCUT2D eigenvalue weighted by Gasteiger charge is 2.33. The maximum absolute atomic E-state index is 14.9. The van der Waals surface area contributed by atoms with Crippen LogP contribution in [-0.4, -0.2) is 82.4 Å². The van der Waals surface area contributed by atoms with E-state index in [4.69, 9.17) is 14.2 Å². The number of amides is 3. The standard InChI is InChI=1S/C36H47FN6O6/c1-22-10-11-26(17-29(22)37)31(21-42-14-15-43(24(3)20-42)35(46)49-36(5,6)7)48-30-16-23(2)27(34(45)39-32-12-13-41(8)40-32)18-28(30)33(44)38-19-25(4)47-9/h10-13,16-19,24,31H,14-15,20-21H2,1-9H3,(H,38,44)(H,39,40,45)/b25-19+/t24-,31-/m1/s1. The molecular formula is C36H47FN6O6. The van der Waals surface area contributed by atoms with E-state index in [1.807, 2.05) is 27.7 Å². The number of aryl methyl sites for hydroxylation is 3. The van der Waals surface area contributed by atoms with Crippen molar-refractivity contribution in [3.8, 4) is 5.75 Å². The van der Waals surface area contributed by atoms with Crippen LogP contribution in [0.5, 0.6) is 5.75 Å². The van der Waals surface area contributed by atoms with Gasteiger partial charge in [-0.1, -0.05) is 12.1 Å². The van der Waals surface area contributed by atoms with Gasteiger partial charge in [0.05, 0.1) is 12.7 Å². The first kappa shape index (κ1) is 36.9. The van der Waals surface area contributed by atoms with Gasteiger partial charge in [0.15, 0.2) is 5.82 Å². The highest BCUT2D eigenvalue weighted by Crippen LogP contribution is 2.31. The molecule has 13 heteroatoms. The summed E-state index contributed by atoms with van der Waals surface area (Å²) in [6.07, 6.45) is 2.03. The Morgan fingerprint density at radius 1 is 1.06 bits per heavy atom. The summed E-state index contributed by atoms with van der Waals surface area (Å²) < 4.78 is 33.9. The first-order valence-corrected chi connectivity index (χ1v) is 16.2. The second-order valence-electron chi connectivity index (χ2n) is 13.3. The van der Waals surface area contributed by atoms with Gasteiger partial charge < -0.3 is 29.7 Å². The predicted octanol–water partition coefficient (Wildman–Crippen LogP) is 5.73. The molecule has 0 radical (unpaired) electrons. The number of aromatic nitrogens is 2. The number of anilines is 1. The fourth-order valence-corrected chi connectivity index (χ4v) is 5.37. The lowest BCUT2D eigenvalue weighted by Gasteiger charge is -2.41. The molecule has 12 nitrogen and oxygen atoms in total. The van der Waals surface area contributed by atoms with E-state index in [0.717, 1.165) is 0 Å². The van der Waals surface area contributed by atoms with Crippen LogP contribution in [0.1, 0.15) is 78.1 Å². The fraction of sp³-hybridized carbons (Fsp3) is 0.444. The van der Waals surface area contributed by atoms with E-state index in [9.17, 15) is 18.8 Å². The van der Waals surface area contributed by atoms with Crippen LogP contribution in [0.25, 0.3) is 0 Å². The topological polar surface area (TPSA) is 127 Å². The Hall–Kier alpha value is -4.91. The summed E-state index contributed by atoms with van der Waals surface area (Å²) >= 11 is 0. The van der Waals surface area contributed by atoms with Crippen molar-refractivity contribution in [1.82, 2.24) is 24.9 Å². The molecule has 1 fully saturated rings. The first-order valence-electron chi connectivity index (χ1n) is 16.2. The molecule has 1 saturated heterocycles. The van der Waals surface area contributed by atoms with E-state index >= 15 is 0 Å². The van der Waals surface area contributed by atoms with Gasteiger partial charge in [0.25, 0.3) is 11.8 Å². The van der Waals surface area contributed by atoms with Gasteiger partial charge in [0, 0.05) is 63.3 Å². The minimum Gasteiger partial charge on any atom is -0.500 e. The zero-order valence-electron chi connectivity index (χ0n) is 29.7. The number of nitrogens with one attached hydrogen (secondary N) is 2. The monoisotopic (exact) mass is 678 g/mol. The third-order valence-corrected chi connectivity index (χ3v) is 8.10. The number of piperazine rings is 1. The van der Waals surface area contributed by atoms with E-state index in [1.165, 1.54) is 25.4 Å². The summed E-state index contributed by atoms with van der Waals surface area (Å²) in [5, 5.41) is 9.68. The van der Waals surface area contributed by atoms with Crippen LogP contribution in [0.4, 0.5) is 15.0 Å². The number of allylic oxidation sites excluding steroid dienone is 1. The van der Waals surface area contributed by atoms with Gasteiger partial charge >= 0.3 is 6.09 Å². The molecule has 3 aromatic rings. The average molecular weight is 679 g/mol. The fourth-order valence-electron chi connectivity index (χ4n) is 5.37. The molecule has 1 aliphatic heterocycles. The number of carbonyl (C=O) groups excluding carboxylic acids is 3. The number of ether oxygens (including phenoxy) is 3. The van der Waals surface area contributed by atoms with Crippen LogP contribution in [0.2, 0.25) is 0 Å². The van der Waals surface area contributed by atoms with Gasteiger partial charge in [-0.25, -0.2) is 9.18 Å². The second-order valence-corrected chi connectivity index (χ2v) is 13.3. The van der Waals surface area contributed by atoms with Gasteiger partial charge in [0.2, 0.25) is 0 Å². The third-order valence-electron chi connectivity index (χ3n) is 8.10. The van der Waals surface area contributed by atoms with Crippen molar-refractivity contribution >= 4 is 23.7 Å². The molecule has 0 bridgehead atoms. The predicted molar refractivity (Wildman–Crippen MR) is 184 cm³/mol. The van der Waals surface area contributed by atoms with E-state index in [1.54, 1.807) is 67.9 Å². The number of halogens is 1. The summed E-state index contributed by atoms with van der Waals surface area (Å²) in [5.41, 5.74) is 1.34. The SMILES string of the molecule is CO/C(C)=C/NC(=O)c1cc(C(=O)Nc2ccn(C)n2)c(C)cc1O[C@H](CN1CCN(C(=O)OC(C)(C)C)[C@H](C)C1)c1ccc(C)c(F)c1. The molecule has 2 N–H and O–H groups in total. The van der Waals surface area contributed by atoms with E-state index in [0.29, 0.717) is 54.4 Å². The van der Waals surface area contributed by atoms with Crippen molar-refractivity contribution in [2.24, 2.45) is 7.05 Å². The van der Waals surface area contributed by atoms with Crippen LogP contribution < -0.4 is 15.4 Å². The van der Waals surface area contributed by atoms with Crippen LogP contribution in [0.15, 0.2) is 54.6 Å². The summed E-state index contributed by atoms with van der Waals surface area (Å²) in [6, 6.07) is 9.54. The highest BCUT2D eigenvalue weighted by molar-refractivity contribution is 6.07. The van der Waals surface area contributed by atoms with Gasteiger partial charge in [-0.05, 0) is 83.4 Å². The third kappa shape index (κ3) is 9.82. The first-order chi connectivity index (χ1) is 23.0. The van der Waals surface area contributed by atoms with Crippen molar-refractivity contribution < 1.29 is 33.0 Å². The van der Waals surface area contributed by atoms with E-state index in [2.05, 4.69) is 20.6 Å². The highest BCUT2D eigenvalue weighted by atomic mass is 19.1. The molecule has 1 aromatic heterocycles. The molecular weight excluding hydrogens is 631 g/mol. The number of nitrogens with zero attached hydrogens (tertiary/aromatic N) is 4. The second kappa shape index (κ2) is 15.5. The molecule has 3 amide bonds. The zero-order chi connectivity index (χ0) is 36.0. The van der Waals surface area contributed by atoms with Crippen molar-refractivity contribution in [3.63, 3.8) is 0 Å². The molecule has 264 valence electrons. The Bertz CT molecular complexity index is 1710. The lowest BCUT2D eigenvalue weighted by molar-refractivity contribution is -0.00301. The number of methoxy groups -OCH3 is 1. The number of rotatable bonds is 10. The number of carbonyl (C=O) groups is 3. The quantitative estimate of drug-likeness (QED) is 0.261. The number of benzene rings is 2. The zero-order valence-corrected chi connectivity index (χ0v) is 29.7. The van der Waals surface area contributed by atoms with Gasteiger partial charge in [-0.3, -0.25) is 19.2 Å². The minimum absolute atomic E-state index is 0.0950. The number of hydrogen-bond donors (Lipinski definition) is 2. The molecule has 0 saturated carbocycles. The van der Waals surface area contributed by atoms with Crippen LogP contribution in [-0.2, 0) is 16.5 Å². The van der Waals surface area contributed by atoms with Gasteiger partial charge in [-0.15, -0.1) is 0 Å². The van der Waals surface area contributed by atoms with E-state index in [-0.39, 0.29) is 34.8 Å². The van der Waals surface area contributed by atoms with Crippen molar-refractivity contribution in [2.45, 2.75) is 66.2 Å². The molecule has 2 heterocycles. The van der Waals surface area contributed by atoms with Crippen molar-refractivity contribution in [1.29, 1.82) is 0 Å². The maximum Gasteiger partial charge on any atom is 0.410 e. The van der Waals surface area contributed by atoms with Crippen LogP contribution in [0.3, 0.4) is 0 Å². The van der Waals surface area contributed by atoms with E-state index < -0.39 is 23.5 Å². The molecule has 4 rings (SSSR count). The normalized spacial score (nSPS) is 16.2. The summed E-state index contributed by atoms with van der Waals surface area (Å²) in [4.78, 5) is 43.7. The Balaban J connectivity index is 1.68. The number of hydrogen-bond acceptors (Lipinski definition) is 8. The summed E-state index contributed by atoms with van der Waals surface area (Å²) in [7, 11) is 3.22. The Morgan fingerprint density at radius 2 is 1.80 bits per heavy atom. The molecule has 49 heavy (non-hydrogen) atoms. The van der Waals surface area contributed by atoms with Gasteiger partial charge in [0.1, 0.15) is 29.0 Å². The Kier molecular flexibility index (Phi) is 11.7. The minimum atomic E-state index is -0.717. The molecule has 1 aliphatic rings. The van der Waals surface area contributed by atoms with Crippen molar-refractivity contribution in [2.75, 3.05) is 38.6 Å². The van der Waals surface area contributed by atoms with Gasteiger partial charge in [-0.2, -0.15) is 5.10 Å². The Morgan fingerprint density at radius 3 is 2.41 bits per heavy atom. The maximum atomic E-state index is 14.9. The molecule has 0 aliphatic carbocycles. The largest absolute Gasteiger partial charge is 0.500 e. The molecule has 0 spiro atoms.